The van der Waals surface area contributed by atoms with Crippen molar-refractivity contribution in [2.24, 2.45) is 5.92 Å². The molecule has 2 fully saturated rings. The molecule has 0 bridgehead atoms. The number of aromatic amines is 1. The Morgan fingerprint density at radius 3 is 2.52 bits per heavy atom. The van der Waals surface area contributed by atoms with Crippen LogP contribution in [0.4, 0.5) is 0 Å². The summed E-state index contributed by atoms with van der Waals surface area (Å²) in [6.07, 6.45) is 9.41. The van der Waals surface area contributed by atoms with Crippen molar-refractivity contribution in [1.29, 1.82) is 0 Å². The second kappa shape index (κ2) is 8.18. The molecule has 2 aliphatic heterocycles. The van der Waals surface area contributed by atoms with Gasteiger partial charge in [-0.05, 0) is 25.7 Å². The first-order valence-corrected chi connectivity index (χ1v) is 12.6. The number of nitrogens with zero attached hydrogens (tertiary/aromatic N) is 3. The summed E-state index contributed by atoms with van der Waals surface area (Å²) < 4.78 is 25.8. The van der Waals surface area contributed by atoms with Crippen LogP contribution < -0.4 is 5.56 Å². The summed E-state index contributed by atoms with van der Waals surface area (Å²) in [5.41, 5.74) is 1.01. The Kier molecular flexibility index (Phi) is 5.79. The molecule has 8 nitrogen and oxygen atoms in total. The summed E-state index contributed by atoms with van der Waals surface area (Å²) in [5, 5.41) is 0. The molecule has 0 unspecified atom stereocenters. The first kappa shape index (κ1) is 20.5. The molecule has 4 rings (SSSR count). The Bertz CT molecular complexity index is 936. The molecule has 0 aromatic carbocycles. The van der Waals surface area contributed by atoms with Crippen molar-refractivity contribution >= 4 is 15.9 Å². The van der Waals surface area contributed by atoms with Gasteiger partial charge in [0.05, 0.1) is 30.1 Å². The van der Waals surface area contributed by atoms with Crippen molar-refractivity contribution < 1.29 is 13.2 Å². The molecule has 9 heteroatoms. The lowest BCUT2D eigenvalue weighted by Crippen LogP contribution is -2.44. The predicted octanol–water partition coefficient (Wildman–Crippen LogP) is 1.72. The Morgan fingerprint density at radius 1 is 1.07 bits per heavy atom. The molecule has 1 atom stereocenters. The van der Waals surface area contributed by atoms with Gasteiger partial charge in [-0.15, -0.1) is 0 Å². The van der Waals surface area contributed by atoms with Gasteiger partial charge >= 0.3 is 0 Å². The van der Waals surface area contributed by atoms with Crippen molar-refractivity contribution in [1.82, 2.24) is 19.2 Å². The Balaban J connectivity index is 1.57. The molecule has 1 aromatic rings. The van der Waals surface area contributed by atoms with Crippen molar-refractivity contribution in [2.75, 3.05) is 19.3 Å². The number of aromatic nitrogens is 2. The Hall–Kier alpha value is -1.74. The van der Waals surface area contributed by atoms with E-state index in [1.54, 1.807) is 4.90 Å². The number of hydrogen-bond donors (Lipinski definition) is 1. The van der Waals surface area contributed by atoms with Crippen LogP contribution in [0.1, 0.15) is 74.5 Å². The maximum absolute atomic E-state index is 12.9. The van der Waals surface area contributed by atoms with Gasteiger partial charge in [0.15, 0.2) is 0 Å². The lowest BCUT2D eigenvalue weighted by atomic mass is 9.88. The normalized spacial score (nSPS) is 24.3. The maximum Gasteiger partial charge on any atom is 0.256 e. The van der Waals surface area contributed by atoms with E-state index in [9.17, 15) is 18.0 Å². The van der Waals surface area contributed by atoms with Gasteiger partial charge in [0, 0.05) is 25.4 Å². The van der Waals surface area contributed by atoms with E-state index < -0.39 is 16.1 Å². The molecular weight excluding hydrogens is 392 g/mol. The van der Waals surface area contributed by atoms with Crippen LogP contribution in [0.2, 0.25) is 0 Å². The quantitative estimate of drug-likeness (QED) is 0.799. The smallest absolute Gasteiger partial charge is 0.256 e. The first-order chi connectivity index (χ1) is 13.8. The number of H-pyrrole nitrogens is 1. The van der Waals surface area contributed by atoms with Crippen LogP contribution in [0, 0.1) is 5.92 Å². The summed E-state index contributed by atoms with van der Waals surface area (Å²) in [4.78, 5) is 35.0. The number of nitrogens with one attached hydrogen (secondary N) is 1. The number of hydrogen-bond acceptors (Lipinski definition) is 5. The third kappa shape index (κ3) is 4.26. The molecule has 3 heterocycles. The van der Waals surface area contributed by atoms with Gasteiger partial charge in [-0.3, -0.25) is 9.59 Å². The highest BCUT2D eigenvalue weighted by atomic mass is 32.2. The molecule has 3 aliphatic rings. The minimum absolute atomic E-state index is 0.0853. The standard InChI is InChI=1S/C20H30N4O4S/c1-29(27,28)24-11-6-5-9-17(24)18-21-16-10-12-23(13-15(16)19(25)22-18)20(26)14-7-3-2-4-8-14/h14,17H,2-13H2,1H3,(H,21,22,25)/t17-/m1/s1. The fraction of sp³-hybridized carbons (Fsp3) is 0.750. The third-order valence-corrected chi connectivity index (χ3v) is 7.84. The van der Waals surface area contributed by atoms with Crippen LogP contribution in [0.25, 0.3) is 0 Å². The van der Waals surface area contributed by atoms with Crippen LogP contribution in [0.5, 0.6) is 0 Å². The van der Waals surface area contributed by atoms with Gasteiger partial charge < -0.3 is 9.88 Å². The van der Waals surface area contributed by atoms with Crippen LogP contribution in [0.15, 0.2) is 4.79 Å². The van der Waals surface area contributed by atoms with Gasteiger partial charge in [0.1, 0.15) is 5.82 Å². The van der Waals surface area contributed by atoms with E-state index in [4.69, 9.17) is 0 Å². The molecule has 29 heavy (non-hydrogen) atoms. The zero-order valence-corrected chi connectivity index (χ0v) is 17.8. The molecule has 1 aromatic heterocycles. The van der Waals surface area contributed by atoms with Crippen LogP contribution in [0.3, 0.4) is 0 Å². The molecule has 1 amide bonds. The molecule has 0 spiro atoms. The highest BCUT2D eigenvalue weighted by molar-refractivity contribution is 7.88. The lowest BCUT2D eigenvalue weighted by molar-refractivity contribution is -0.137. The van der Waals surface area contributed by atoms with Crippen molar-refractivity contribution in [2.45, 2.75) is 70.4 Å². The van der Waals surface area contributed by atoms with E-state index in [0.29, 0.717) is 49.6 Å². The van der Waals surface area contributed by atoms with E-state index in [-0.39, 0.29) is 17.4 Å². The average molecular weight is 423 g/mol. The first-order valence-electron chi connectivity index (χ1n) is 10.7. The fourth-order valence-electron chi connectivity index (χ4n) is 4.97. The highest BCUT2D eigenvalue weighted by Gasteiger charge is 2.34. The summed E-state index contributed by atoms with van der Waals surface area (Å²) >= 11 is 0. The van der Waals surface area contributed by atoms with Crippen molar-refractivity contribution in [3.63, 3.8) is 0 Å². The maximum atomic E-state index is 12.9. The van der Waals surface area contributed by atoms with Gasteiger partial charge in [0.25, 0.3) is 5.56 Å². The Morgan fingerprint density at radius 2 is 1.79 bits per heavy atom. The summed E-state index contributed by atoms with van der Waals surface area (Å²) in [7, 11) is -3.37. The van der Waals surface area contributed by atoms with E-state index >= 15 is 0 Å². The van der Waals surface area contributed by atoms with Crippen LogP contribution in [-0.2, 0) is 27.8 Å². The topological polar surface area (TPSA) is 103 Å². The second-order valence-corrected chi connectivity index (χ2v) is 10.5. The van der Waals surface area contributed by atoms with Gasteiger partial charge in [-0.1, -0.05) is 25.7 Å². The van der Waals surface area contributed by atoms with Crippen molar-refractivity contribution in [3.8, 4) is 0 Å². The second-order valence-electron chi connectivity index (χ2n) is 8.61. The number of fused-ring (bicyclic) bond motifs is 1. The third-order valence-electron chi connectivity index (χ3n) is 6.55. The Labute approximate surface area is 171 Å². The number of carbonyl (C=O) groups excluding carboxylic acids is 1. The number of piperidine rings is 1. The molecule has 160 valence electrons. The van der Waals surface area contributed by atoms with E-state index in [0.717, 1.165) is 38.5 Å². The van der Waals surface area contributed by atoms with Crippen molar-refractivity contribution in [3.05, 3.63) is 27.4 Å². The molecule has 1 saturated heterocycles. The number of carbonyl (C=O) groups is 1. The number of amides is 1. The predicted molar refractivity (Wildman–Crippen MR) is 109 cm³/mol. The molecule has 0 radical (unpaired) electrons. The van der Waals surface area contributed by atoms with Crippen LogP contribution in [-0.4, -0.2) is 52.8 Å². The summed E-state index contributed by atoms with van der Waals surface area (Å²) in [6, 6.07) is -0.418. The van der Waals surface area contributed by atoms with Gasteiger partial charge in [-0.25, -0.2) is 13.4 Å². The summed E-state index contributed by atoms with van der Waals surface area (Å²) in [5.74, 6) is 0.683. The molecule has 1 aliphatic carbocycles. The zero-order valence-electron chi connectivity index (χ0n) is 17.0. The molecular formula is C20H30N4O4S. The highest BCUT2D eigenvalue weighted by Crippen LogP contribution is 2.31. The number of rotatable bonds is 3. The molecule has 1 saturated carbocycles. The minimum Gasteiger partial charge on any atom is -0.337 e. The largest absolute Gasteiger partial charge is 0.337 e. The summed E-state index contributed by atoms with van der Waals surface area (Å²) in [6.45, 7) is 1.32. The number of sulfonamides is 1. The zero-order chi connectivity index (χ0) is 20.6. The SMILES string of the molecule is CS(=O)(=O)N1CCCC[C@@H]1c1nc2c(c(=O)[nH]1)CN(C(=O)C1CCCCC1)CC2. The lowest BCUT2D eigenvalue weighted by Gasteiger charge is -2.34. The minimum atomic E-state index is -3.37. The van der Waals surface area contributed by atoms with E-state index in [2.05, 4.69) is 9.97 Å². The fourth-order valence-corrected chi connectivity index (χ4v) is 6.10. The van der Waals surface area contributed by atoms with E-state index in [1.165, 1.54) is 17.0 Å². The average Bonchev–Trinajstić information content (AvgIpc) is 2.73. The van der Waals surface area contributed by atoms with Gasteiger partial charge in [0.2, 0.25) is 15.9 Å². The molecule has 1 N–H and O–H groups in total. The monoisotopic (exact) mass is 422 g/mol. The van der Waals surface area contributed by atoms with E-state index in [1.807, 2.05) is 0 Å². The van der Waals surface area contributed by atoms with Crippen LogP contribution >= 0.6 is 0 Å². The van der Waals surface area contributed by atoms with Gasteiger partial charge in [-0.2, -0.15) is 4.31 Å².